The molecule has 0 radical (unpaired) electrons. The van der Waals surface area contributed by atoms with Gasteiger partial charge in [-0.3, -0.25) is 9.59 Å². The van der Waals surface area contributed by atoms with Crippen LogP contribution >= 0.6 is 11.3 Å². The van der Waals surface area contributed by atoms with Crippen LogP contribution in [0.1, 0.15) is 28.8 Å². The Kier molecular flexibility index (Phi) is 3.97. The van der Waals surface area contributed by atoms with Crippen LogP contribution in [0.25, 0.3) is 10.2 Å². The van der Waals surface area contributed by atoms with E-state index in [4.69, 9.17) is 0 Å². The van der Waals surface area contributed by atoms with Gasteiger partial charge in [-0.05, 0) is 49.2 Å². The zero-order valence-corrected chi connectivity index (χ0v) is 14.6. The summed E-state index contributed by atoms with van der Waals surface area (Å²) in [6, 6.07) is 11.1. The number of anilines is 2. The summed E-state index contributed by atoms with van der Waals surface area (Å²) in [6.45, 7) is 2.71. The topological polar surface area (TPSA) is 62.3 Å². The molecule has 1 N–H and O–H groups in total. The van der Waals surface area contributed by atoms with Gasteiger partial charge in [0.1, 0.15) is 0 Å². The average Bonchev–Trinajstić information content (AvgIpc) is 3.24. The number of rotatable bonds is 3. The van der Waals surface area contributed by atoms with Crippen molar-refractivity contribution in [3.63, 3.8) is 0 Å². The van der Waals surface area contributed by atoms with Gasteiger partial charge in [0, 0.05) is 29.9 Å². The lowest BCUT2D eigenvalue weighted by molar-refractivity contribution is -0.117. The molecule has 2 aromatic carbocycles. The molecule has 0 spiro atoms. The number of nitrogens with one attached hydrogen (secondary N) is 1. The Balaban J connectivity index is 1.59. The lowest BCUT2D eigenvalue weighted by Gasteiger charge is -2.19. The first-order valence-electron chi connectivity index (χ1n) is 8.17. The predicted molar refractivity (Wildman–Crippen MR) is 100 cm³/mol. The Bertz CT molecular complexity index is 980. The standard InChI is InChI=1S/C19H17N3O2S/c1-12-4-6-14(10-16(12)22-8-2-3-18(22)23)21-19(24)13-5-7-15-17(9-13)25-11-20-15/h4-7,9-11H,2-3,8H2,1H3,(H,21,24). The first kappa shape index (κ1) is 15.8. The van der Waals surface area contributed by atoms with E-state index in [2.05, 4.69) is 10.3 Å². The van der Waals surface area contributed by atoms with Crippen molar-refractivity contribution in [1.82, 2.24) is 4.98 Å². The fourth-order valence-electron chi connectivity index (χ4n) is 3.08. The molecule has 1 aliphatic rings. The van der Waals surface area contributed by atoms with E-state index in [0.717, 1.165) is 34.4 Å². The number of aryl methyl sites for hydroxylation is 1. The molecule has 25 heavy (non-hydrogen) atoms. The molecular formula is C19H17N3O2S. The number of nitrogens with zero attached hydrogens (tertiary/aromatic N) is 2. The highest BCUT2D eigenvalue weighted by Gasteiger charge is 2.23. The molecule has 126 valence electrons. The number of fused-ring (bicyclic) bond motifs is 1. The van der Waals surface area contributed by atoms with Gasteiger partial charge in [-0.1, -0.05) is 6.07 Å². The maximum Gasteiger partial charge on any atom is 0.255 e. The average molecular weight is 351 g/mol. The molecule has 2 heterocycles. The molecule has 6 heteroatoms. The summed E-state index contributed by atoms with van der Waals surface area (Å²) in [7, 11) is 0. The molecule has 1 fully saturated rings. The quantitative estimate of drug-likeness (QED) is 0.776. The molecule has 1 aromatic heterocycles. The molecule has 5 nitrogen and oxygen atoms in total. The number of benzene rings is 2. The third kappa shape index (κ3) is 3.00. The van der Waals surface area contributed by atoms with Crippen LogP contribution in [-0.2, 0) is 4.79 Å². The highest BCUT2D eigenvalue weighted by molar-refractivity contribution is 7.16. The molecule has 0 aliphatic carbocycles. The molecule has 3 aromatic rings. The molecule has 0 atom stereocenters. The largest absolute Gasteiger partial charge is 0.322 e. The molecule has 0 unspecified atom stereocenters. The van der Waals surface area contributed by atoms with Gasteiger partial charge in [0.15, 0.2) is 0 Å². The van der Waals surface area contributed by atoms with Crippen LogP contribution < -0.4 is 10.2 Å². The highest BCUT2D eigenvalue weighted by atomic mass is 32.1. The monoisotopic (exact) mass is 351 g/mol. The van der Waals surface area contributed by atoms with Gasteiger partial charge in [-0.25, -0.2) is 4.98 Å². The summed E-state index contributed by atoms with van der Waals surface area (Å²) < 4.78 is 0.986. The van der Waals surface area contributed by atoms with E-state index < -0.39 is 0 Å². The Labute approximate surface area is 149 Å². The molecule has 2 amide bonds. The van der Waals surface area contributed by atoms with E-state index in [9.17, 15) is 9.59 Å². The fourth-order valence-corrected chi connectivity index (χ4v) is 3.80. The zero-order chi connectivity index (χ0) is 17.4. The van der Waals surface area contributed by atoms with Gasteiger partial charge >= 0.3 is 0 Å². The number of carbonyl (C=O) groups excluding carboxylic acids is 2. The minimum Gasteiger partial charge on any atom is -0.322 e. The third-order valence-corrected chi connectivity index (χ3v) is 5.22. The predicted octanol–water partition coefficient (Wildman–Crippen LogP) is 3.98. The van der Waals surface area contributed by atoms with Crippen molar-refractivity contribution in [2.75, 3.05) is 16.8 Å². The molecule has 1 saturated heterocycles. The summed E-state index contributed by atoms with van der Waals surface area (Å²) in [5, 5.41) is 2.93. The molecular weight excluding hydrogens is 334 g/mol. The van der Waals surface area contributed by atoms with Gasteiger partial charge in [0.25, 0.3) is 5.91 Å². The van der Waals surface area contributed by atoms with E-state index >= 15 is 0 Å². The van der Waals surface area contributed by atoms with E-state index in [1.165, 1.54) is 11.3 Å². The second-order valence-corrected chi connectivity index (χ2v) is 7.03. The van der Waals surface area contributed by atoms with Crippen molar-refractivity contribution >= 4 is 44.7 Å². The van der Waals surface area contributed by atoms with Crippen LogP contribution in [0.2, 0.25) is 0 Å². The second-order valence-electron chi connectivity index (χ2n) is 6.14. The molecule has 0 saturated carbocycles. The third-order valence-electron chi connectivity index (χ3n) is 4.42. The first-order chi connectivity index (χ1) is 12.1. The minimum absolute atomic E-state index is 0.141. The van der Waals surface area contributed by atoms with Crippen LogP contribution in [0.4, 0.5) is 11.4 Å². The summed E-state index contributed by atoms with van der Waals surface area (Å²) in [5.74, 6) is -0.0277. The second kappa shape index (κ2) is 6.29. The van der Waals surface area contributed by atoms with Crippen LogP contribution in [-0.4, -0.2) is 23.3 Å². The van der Waals surface area contributed by atoms with Crippen molar-refractivity contribution in [3.8, 4) is 0 Å². The summed E-state index contributed by atoms with van der Waals surface area (Å²) in [5.41, 5.74) is 5.85. The number of hydrogen-bond donors (Lipinski definition) is 1. The van der Waals surface area contributed by atoms with Crippen molar-refractivity contribution < 1.29 is 9.59 Å². The molecule has 4 rings (SSSR count). The van der Waals surface area contributed by atoms with Crippen LogP contribution in [0, 0.1) is 6.92 Å². The number of amides is 2. The van der Waals surface area contributed by atoms with Gasteiger partial charge in [0.05, 0.1) is 15.7 Å². The van der Waals surface area contributed by atoms with E-state index in [1.807, 2.05) is 37.3 Å². The number of thiazole rings is 1. The normalized spacial score (nSPS) is 14.3. The van der Waals surface area contributed by atoms with Crippen molar-refractivity contribution in [3.05, 3.63) is 53.0 Å². The van der Waals surface area contributed by atoms with Gasteiger partial charge in [-0.15, -0.1) is 11.3 Å². The van der Waals surface area contributed by atoms with E-state index in [1.54, 1.807) is 16.5 Å². The van der Waals surface area contributed by atoms with Gasteiger partial charge in [-0.2, -0.15) is 0 Å². The maximum atomic E-state index is 12.6. The molecule has 1 aliphatic heterocycles. The summed E-state index contributed by atoms with van der Waals surface area (Å²) >= 11 is 1.51. The maximum absolute atomic E-state index is 12.6. The van der Waals surface area contributed by atoms with Crippen molar-refractivity contribution in [2.24, 2.45) is 0 Å². The lowest BCUT2D eigenvalue weighted by Crippen LogP contribution is -2.24. The summed E-state index contributed by atoms with van der Waals surface area (Å²) in [6.07, 6.45) is 1.47. The minimum atomic E-state index is -0.169. The first-order valence-corrected chi connectivity index (χ1v) is 9.05. The Morgan fingerprint density at radius 1 is 1.24 bits per heavy atom. The van der Waals surface area contributed by atoms with Gasteiger partial charge in [0.2, 0.25) is 5.91 Å². The Morgan fingerprint density at radius 2 is 2.12 bits per heavy atom. The van der Waals surface area contributed by atoms with E-state index in [-0.39, 0.29) is 11.8 Å². The Hall–Kier alpha value is -2.73. The van der Waals surface area contributed by atoms with E-state index in [0.29, 0.717) is 17.7 Å². The zero-order valence-electron chi connectivity index (χ0n) is 13.8. The van der Waals surface area contributed by atoms with Crippen molar-refractivity contribution in [1.29, 1.82) is 0 Å². The smallest absolute Gasteiger partial charge is 0.255 e. The number of aromatic nitrogens is 1. The van der Waals surface area contributed by atoms with Crippen LogP contribution in [0.15, 0.2) is 41.9 Å². The lowest BCUT2D eigenvalue weighted by atomic mass is 10.1. The fraction of sp³-hybridized carbons (Fsp3) is 0.211. The number of carbonyl (C=O) groups is 2. The highest BCUT2D eigenvalue weighted by Crippen LogP contribution is 2.28. The van der Waals surface area contributed by atoms with Crippen LogP contribution in [0.5, 0.6) is 0 Å². The van der Waals surface area contributed by atoms with Crippen molar-refractivity contribution in [2.45, 2.75) is 19.8 Å². The molecule has 0 bridgehead atoms. The van der Waals surface area contributed by atoms with Crippen LogP contribution in [0.3, 0.4) is 0 Å². The Morgan fingerprint density at radius 3 is 2.92 bits per heavy atom. The summed E-state index contributed by atoms with van der Waals surface area (Å²) in [4.78, 5) is 30.6. The number of hydrogen-bond acceptors (Lipinski definition) is 4. The SMILES string of the molecule is Cc1ccc(NC(=O)c2ccc3ncsc3c2)cc1N1CCCC1=O. The van der Waals surface area contributed by atoms with Gasteiger partial charge < -0.3 is 10.2 Å².